The third-order valence-electron chi connectivity index (χ3n) is 4.46. The van der Waals surface area contributed by atoms with E-state index in [1.165, 1.54) is 36.3 Å². The molecule has 104 valence electrons. The number of benzene rings is 1. The third-order valence-corrected chi connectivity index (χ3v) is 4.46. The monoisotopic (exact) mass is 259 g/mol. The summed E-state index contributed by atoms with van der Waals surface area (Å²) < 4.78 is 0. The van der Waals surface area contributed by atoms with Gasteiger partial charge in [0, 0.05) is 0 Å². The number of rotatable bonds is 4. The van der Waals surface area contributed by atoms with Crippen LogP contribution < -0.4 is 0 Å². The van der Waals surface area contributed by atoms with E-state index in [1.807, 2.05) is 0 Å². The van der Waals surface area contributed by atoms with Gasteiger partial charge in [0.05, 0.1) is 37.7 Å². The third kappa shape index (κ3) is 3.54. The van der Waals surface area contributed by atoms with Crippen LogP contribution in [-0.4, -0.2) is 10.7 Å². The minimum atomic E-state index is -0.495. The Morgan fingerprint density at radius 3 is 2.21 bits per heavy atom. The van der Waals surface area contributed by atoms with Gasteiger partial charge >= 0.3 is 0 Å². The molecule has 1 atom stereocenters. The summed E-state index contributed by atoms with van der Waals surface area (Å²) in [4.78, 5) is 0. The van der Waals surface area contributed by atoms with Gasteiger partial charge in [-0.15, -0.1) is 0 Å². The lowest BCUT2D eigenvalue weighted by molar-refractivity contribution is -0.0231. The van der Waals surface area contributed by atoms with E-state index in [9.17, 15) is 5.11 Å². The van der Waals surface area contributed by atoms with E-state index in [1.54, 1.807) is 0 Å². The molecule has 1 aliphatic carbocycles. The van der Waals surface area contributed by atoms with Gasteiger partial charge in [0.25, 0.3) is 0 Å². The molecule has 2 rings (SSSR count). The largest absolute Gasteiger partial charge is 0.389 e. The molecule has 1 saturated carbocycles. The molecule has 19 heavy (non-hydrogen) atoms. The van der Waals surface area contributed by atoms with Crippen LogP contribution in [-0.2, 0) is 0 Å². The van der Waals surface area contributed by atoms with E-state index >= 15 is 0 Å². The Morgan fingerprint density at radius 1 is 1.11 bits per heavy atom. The fourth-order valence-corrected chi connectivity index (χ4v) is 3.34. The van der Waals surface area contributed by atoms with Gasteiger partial charge in [0.2, 0.25) is 0 Å². The summed E-state index contributed by atoms with van der Waals surface area (Å²) in [6.45, 7) is 6.46. The Labute approximate surface area is 118 Å². The lowest BCUT2D eigenvalue weighted by atomic mass is 9.70. The second-order valence-electron chi connectivity index (χ2n) is 6.54. The standard InChI is InChI=1S/C18H27O/c1-14(2)13-17(16-9-7-15(3)8-10-16)18(19)11-5-4-6-12-18/h7-10,17,19H,4-6,11-13H2,1-3H3/q+1. The maximum atomic E-state index is 11.1. The Hall–Kier alpha value is -0.950. The summed E-state index contributed by atoms with van der Waals surface area (Å²) in [6.07, 6.45) is 6.53. The number of aliphatic hydroxyl groups is 1. The minimum absolute atomic E-state index is 0.262. The molecular weight excluding hydrogens is 232 g/mol. The van der Waals surface area contributed by atoms with Crippen molar-refractivity contribution in [2.75, 3.05) is 0 Å². The lowest BCUT2D eigenvalue weighted by Gasteiger charge is -2.38. The van der Waals surface area contributed by atoms with Crippen molar-refractivity contribution in [2.24, 2.45) is 0 Å². The van der Waals surface area contributed by atoms with E-state index in [0.29, 0.717) is 0 Å². The van der Waals surface area contributed by atoms with Crippen LogP contribution in [0, 0.1) is 12.8 Å². The van der Waals surface area contributed by atoms with Crippen LogP contribution in [0.25, 0.3) is 0 Å². The molecule has 0 aromatic heterocycles. The molecule has 0 heterocycles. The van der Waals surface area contributed by atoms with E-state index in [2.05, 4.69) is 45.0 Å². The maximum absolute atomic E-state index is 11.1. The first kappa shape index (κ1) is 14.5. The maximum Gasteiger partial charge on any atom is 0.0990 e. The van der Waals surface area contributed by atoms with Gasteiger partial charge in [-0.05, 0) is 25.3 Å². The number of hydrogen-bond donors (Lipinski definition) is 1. The first-order chi connectivity index (χ1) is 9.01. The van der Waals surface area contributed by atoms with Crippen LogP contribution in [0.2, 0.25) is 0 Å². The summed E-state index contributed by atoms with van der Waals surface area (Å²) in [5, 5.41) is 11.1. The van der Waals surface area contributed by atoms with Crippen molar-refractivity contribution < 1.29 is 5.11 Å². The topological polar surface area (TPSA) is 20.2 Å². The zero-order valence-corrected chi connectivity index (χ0v) is 12.6. The fourth-order valence-electron chi connectivity index (χ4n) is 3.34. The Morgan fingerprint density at radius 2 is 1.68 bits per heavy atom. The Balaban J connectivity index is 2.26. The molecule has 0 radical (unpaired) electrons. The van der Waals surface area contributed by atoms with Gasteiger partial charge in [-0.25, -0.2) is 0 Å². The van der Waals surface area contributed by atoms with Gasteiger partial charge < -0.3 is 5.11 Å². The molecule has 1 N–H and O–H groups in total. The van der Waals surface area contributed by atoms with Crippen molar-refractivity contribution in [3.63, 3.8) is 0 Å². The molecule has 1 aliphatic rings. The molecule has 0 amide bonds. The second kappa shape index (κ2) is 6.00. The molecule has 0 aliphatic heterocycles. The Bertz CT molecular complexity index is 385. The van der Waals surface area contributed by atoms with Crippen LogP contribution >= 0.6 is 0 Å². The normalized spacial score (nSPS) is 20.0. The highest BCUT2D eigenvalue weighted by molar-refractivity contribution is 5.28. The van der Waals surface area contributed by atoms with Crippen molar-refractivity contribution >= 4 is 0 Å². The highest BCUT2D eigenvalue weighted by Gasteiger charge is 2.41. The first-order valence-electron chi connectivity index (χ1n) is 7.59. The van der Waals surface area contributed by atoms with E-state index in [-0.39, 0.29) is 5.92 Å². The average Bonchev–Trinajstić information content (AvgIpc) is 2.38. The van der Waals surface area contributed by atoms with Gasteiger partial charge in [-0.3, -0.25) is 0 Å². The van der Waals surface area contributed by atoms with E-state index in [4.69, 9.17) is 0 Å². The lowest BCUT2D eigenvalue weighted by Crippen LogP contribution is -2.38. The van der Waals surface area contributed by atoms with Crippen LogP contribution in [0.5, 0.6) is 0 Å². The minimum Gasteiger partial charge on any atom is -0.389 e. The first-order valence-corrected chi connectivity index (χ1v) is 7.59. The zero-order chi connectivity index (χ0) is 13.9. The predicted octanol–water partition coefficient (Wildman–Crippen LogP) is 4.78. The summed E-state index contributed by atoms with van der Waals surface area (Å²) in [6, 6.07) is 8.74. The van der Waals surface area contributed by atoms with Gasteiger partial charge in [-0.2, -0.15) is 0 Å². The summed E-state index contributed by atoms with van der Waals surface area (Å²) in [7, 11) is 0. The molecule has 0 spiro atoms. The molecule has 1 aromatic carbocycles. The molecule has 1 fully saturated rings. The van der Waals surface area contributed by atoms with Crippen molar-refractivity contribution in [3.8, 4) is 0 Å². The quantitative estimate of drug-likeness (QED) is 0.772. The smallest absolute Gasteiger partial charge is 0.0990 e. The Kier molecular flexibility index (Phi) is 4.57. The summed E-state index contributed by atoms with van der Waals surface area (Å²) in [5.41, 5.74) is 2.09. The predicted molar refractivity (Wildman–Crippen MR) is 81.2 cm³/mol. The number of aryl methyl sites for hydroxylation is 1. The number of hydrogen-bond acceptors (Lipinski definition) is 1. The van der Waals surface area contributed by atoms with Crippen molar-refractivity contribution in [2.45, 2.75) is 70.8 Å². The van der Waals surface area contributed by atoms with Gasteiger partial charge in [-0.1, -0.05) is 49.1 Å². The van der Waals surface area contributed by atoms with Crippen molar-refractivity contribution in [1.29, 1.82) is 0 Å². The van der Waals surface area contributed by atoms with Gasteiger partial charge in [0.15, 0.2) is 0 Å². The molecule has 0 bridgehead atoms. The van der Waals surface area contributed by atoms with E-state index < -0.39 is 5.60 Å². The van der Waals surface area contributed by atoms with Crippen molar-refractivity contribution in [3.05, 3.63) is 41.3 Å². The van der Waals surface area contributed by atoms with Crippen molar-refractivity contribution in [1.82, 2.24) is 0 Å². The average molecular weight is 259 g/mol. The van der Waals surface area contributed by atoms with Crippen LogP contribution in [0.4, 0.5) is 0 Å². The molecular formula is C18H27O+. The van der Waals surface area contributed by atoms with Crippen LogP contribution in [0.3, 0.4) is 0 Å². The molecule has 1 nitrogen and oxygen atoms in total. The fraction of sp³-hybridized carbons (Fsp3) is 0.611. The molecule has 0 saturated heterocycles. The summed E-state index contributed by atoms with van der Waals surface area (Å²) >= 11 is 0. The zero-order valence-electron chi connectivity index (χ0n) is 12.6. The molecule has 1 aromatic rings. The molecule has 1 unspecified atom stereocenters. The van der Waals surface area contributed by atoms with E-state index in [0.717, 1.165) is 19.3 Å². The second-order valence-corrected chi connectivity index (χ2v) is 6.54. The SMILES string of the molecule is Cc1ccc(C(C[C+](C)C)C2(O)CCCCC2)cc1. The molecule has 1 heteroatoms. The highest BCUT2D eigenvalue weighted by Crippen LogP contribution is 2.43. The summed E-state index contributed by atoms with van der Waals surface area (Å²) in [5.74, 6) is 1.67. The van der Waals surface area contributed by atoms with Crippen LogP contribution in [0.15, 0.2) is 24.3 Å². The van der Waals surface area contributed by atoms with Crippen LogP contribution in [0.1, 0.15) is 69.4 Å². The van der Waals surface area contributed by atoms with Gasteiger partial charge in [0.1, 0.15) is 0 Å². The highest BCUT2D eigenvalue weighted by atomic mass is 16.3.